The maximum Gasteiger partial charge on any atom is 0.246 e. The van der Waals surface area contributed by atoms with Gasteiger partial charge in [0.1, 0.15) is 5.75 Å². The highest BCUT2D eigenvalue weighted by atomic mass is 79.9. The highest BCUT2D eigenvalue weighted by Crippen LogP contribution is 2.29. The van der Waals surface area contributed by atoms with Gasteiger partial charge in [-0.15, -0.1) is 0 Å². The molecule has 1 unspecified atom stereocenters. The summed E-state index contributed by atoms with van der Waals surface area (Å²) in [5, 5.41) is 0. The largest absolute Gasteiger partial charge is 0.493 e. The summed E-state index contributed by atoms with van der Waals surface area (Å²) < 4.78 is 6.29. The molecule has 2 nitrogen and oxygen atoms in total. The molecule has 0 radical (unpaired) electrons. The van der Waals surface area contributed by atoms with E-state index in [4.69, 9.17) is 11.3 Å². The Morgan fingerprint density at radius 2 is 2.29 bits per heavy atom. The number of hydrogen-bond donors (Lipinski definition) is 0. The molecule has 0 aliphatic rings. The van der Waals surface area contributed by atoms with E-state index in [1.807, 2.05) is 32.0 Å². The highest BCUT2D eigenvalue weighted by molar-refractivity contribution is 9.10. The van der Waals surface area contributed by atoms with Crippen LogP contribution in [0.4, 0.5) is 0 Å². The molecule has 1 aromatic carbocycles. The SMILES string of the molecule is [C-]#[N+]C(C)c1ccc(OCC)c(Br)c1. The Labute approximate surface area is 92.8 Å². The van der Waals surface area contributed by atoms with Crippen LogP contribution in [0.3, 0.4) is 0 Å². The Hall–Kier alpha value is -1.01. The molecule has 0 saturated carbocycles. The molecule has 3 heteroatoms. The van der Waals surface area contributed by atoms with E-state index in [2.05, 4.69) is 20.8 Å². The minimum atomic E-state index is -0.0954. The lowest BCUT2D eigenvalue weighted by Crippen LogP contribution is -1.94. The van der Waals surface area contributed by atoms with Crippen LogP contribution in [0.2, 0.25) is 0 Å². The van der Waals surface area contributed by atoms with E-state index in [-0.39, 0.29) is 6.04 Å². The fourth-order valence-corrected chi connectivity index (χ4v) is 1.64. The van der Waals surface area contributed by atoms with Crippen LogP contribution in [-0.2, 0) is 0 Å². The second kappa shape index (κ2) is 5.02. The lowest BCUT2D eigenvalue weighted by Gasteiger charge is -2.07. The average Bonchev–Trinajstić information content (AvgIpc) is 2.20. The van der Waals surface area contributed by atoms with Crippen LogP contribution in [0.1, 0.15) is 25.5 Å². The Balaban J connectivity index is 2.95. The maximum absolute atomic E-state index is 6.93. The van der Waals surface area contributed by atoms with E-state index in [1.54, 1.807) is 0 Å². The summed E-state index contributed by atoms with van der Waals surface area (Å²) in [4.78, 5) is 3.46. The molecule has 0 spiro atoms. The van der Waals surface area contributed by atoms with Crippen LogP contribution in [-0.4, -0.2) is 6.61 Å². The molecule has 0 amide bonds. The lowest BCUT2D eigenvalue weighted by molar-refractivity contribution is 0.338. The molecule has 0 fully saturated rings. The average molecular weight is 254 g/mol. The fourth-order valence-electron chi connectivity index (χ4n) is 1.12. The summed E-state index contributed by atoms with van der Waals surface area (Å²) >= 11 is 3.42. The standard InChI is InChI=1S/C11H12BrNO/c1-4-14-11-6-5-9(7-10(11)12)8(2)13-3/h5-8H,4H2,1-2H3. The van der Waals surface area contributed by atoms with Gasteiger partial charge in [-0.1, -0.05) is 0 Å². The van der Waals surface area contributed by atoms with Crippen molar-refractivity contribution in [3.63, 3.8) is 0 Å². The topological polar surface area (TPSA) is 13.6 Å². The quantitative estimate of drug-likeness (QED) is 0.747. The van der Waals surface area contributed by atoms with Gasteiger partial charge < -0.3 is 9.58 Å². The minimum absolute atomic E-state index is 0.0954. The van der Waals surface area contributed by atoms with E-state index >= 15 is 0 Å². The molecule has 1 atom stereocenters. The highest BCUT2D eigenvalue weighted by Gasteiger charge is 2.10. The molecule has 0 aliphatic heterocycles. The van der Waals surface area contributed by atoms with Crippen LogP contribution < -0.4 is 4.74 Å². The van der Waals surface area contributed by atoms with Gasteiger partial charge in [0.25, 0.3) is 0 Å². The third-order valence-corrected chi connectivity index (χ3v) is 2.55. The minimum Gasteiger partial charge on any atom is -0.493 e. The zero-order chi connectivity index (χ0) is 10.6. The van der Waals surface area contributed by atoms with Gasteiger partial charge in [0.05, 0.1) is 11.1 Å². The second-order valence-electron chi connectivity index (χ2n) is 2.93. The first-order valence-electron chi connectivity index (χ1n) is 4.47. The van der Waals surface area contributed by atoms with Crippen molar-refractivity contribution in [2.45, 2.75) is 19.9 Å². The molecule has 0 aliphatic carbocycles. The maximum atomic E-state index is 6.93. The monoisotopic (exact) mass is 253 g/mol. The lowest BCUT2D eigenvalue weighted by atomic mass is 10.1. The molecule has 0 saturated heterocycles. The normalized spacial score (nSPS) is 11.9. The van der Waals surface area contributed by atoms with Crippen molar-refractivity contribution >= 4 is 15.9 Å². The number of ether oxygens (including phenoxy) is 1. The number of nitrogens with zero attached hydrogens (tertiary/aromatic N) is 1. The molecule has 74 valence electrons. The van der Waals surface area contributed by atoms with Gasteiger partial charge in [0, 0.05) is 12.5 Å². The van der Waals surface area contributed by atoms with Crippen LogP contribution in [0.15, 0.2) is 22.7 Å². The molecule has 0 aromatic heterocycles. The third kappa shape index (κ3) is 2.49. The number of halogens is 1. The van der Waals surface area contributed by atoms with E-state index in [0.29, 0.717) is 6.61 Å². The Morgan fingerprint density at radius 3 is 2.79 bits per heavy atom. The molecule has 14 heavy (non-hydrogen) atoms. The predicted octanol–water partition coefficient (Wildman–Crippen LogP) is 3.83. The first-order valence-corrected chi connectivity index (χ1v) is 5.27. The van der Waals surface area contributed by atoms with E-state index in [0.717, 1.165) is 15.8 Å². The molecule has 0 N–H and O–H groups in total. The number of benzene rings is 1. The Kier molecular flexibility index (Phi) is 3.97. The van der Waals surface area contributed by atoms with Gasteiger partial charge >= 0.3 is 0 Å². The number of rotatable bonds is 3. The van der Waals surface area contributed by atoms with Crippen molar-refractivity contribution in [2.24, 2.45) is 0 Å². The van der Waals surface area contributed by atoms with Gasteiger partial charge in [-0.3, -0.25) is 0 Å². The van der Waals surface area contributed by atoms with E-state index in [9.17, 15) is 0 Å². The van der Waals surface area contributed by atoms with Gasteiger partial charge in [-0.05, 0) is 41.1 Å². The summed E-state index contributed by atoms with van der Waals surface area (Å²) in [7, 11) is 0. The smallest absolute Gasteiger partial charge is 0.246 e. The summed E-state index contributed by atoms with van der Waals surface area (Å²) in [6, 6.07) is 5.67. The zero-order valence-electron chi connectivity index (χ0n) is 8.25. The van der Waals surface area contributed by atoms with Crippen molar-refractivity contribution in [2.75, 3.05) is 6.61 Å². The molecule has 0 bridgehead atoms. The summed E-state index contributed by atoms with van der Waals surface area (Å²) in [5.74, 6) is 0.827. The van der Waals surface area contributed by atoms with Crippen LogP contribution >= 0.6 is 15.9 Å². The zero-order valence-corrected chi connectivity index (χ0v) is 9.84. The molecule has 1 rings (SSSR count). The van der Waals surface area contributed by atoms with E-state index in [1.165, 1.54) is 0 Å². The summed E-state index contributed by atoms with van der Waals surface area (Å²) in [6.07, 6.45) is 0. The first kappa shape index (κ1) is 11.1. The van der Waals surface area contributed by atoms with Crippen molar-refractivity contribution in [3.05, 3.63) is 39.7 Å². The number of hydrogen-bond acceptors (Lipinski definition) is 1. The third-order valence-electron chi connectivity index (χ3n) is 1.93. The first-order chi connectivity index (χ1) is 6.69. The summed E-state index contributed by atoms with van der Waals surface area (Å²) in [5.41, 5.74) is 1.01. The van der Waals surface area contributed by atoms with Crippen LogP contribution in [0, 0.1) is 6.57 Å². The van der Waals surface area contributed by atoms with Crippen molar-refractivity contribution in [1.82, 2.24) is 0 Å². The molecule has 1 aromatic rings. The fraction of sp³-hybridized carbons (Fsp3) is 0.364. The molecular formula is C11H12BrNO. The van der Waals surface area contributed by atoms with Crippen LogP contribution in [0.25, 0.3) is 4.85 Å². The van der Waals surface area contributed by atoms with Crippen LogP contribution in [0.5, 0.6) is 5.75 Å². The summed E-state index contributed by atoms with van der Waals surface area (Å²) in [6.45, 7) is 11.4. The van der Waals surface area contributed by atoms with Gasteiger partial charge in [0.2, 0.25) is 6.04 Å². The second-order valence-corrected chi connectivity index (χ2v) is 3.78. The van der Waals surface area contributed by atoms with Crippen molar-refractivity contribution < 1.29 is 4.74 Å². The van der Waals surface area contributed by atoms with Gasteiger partial charge in [0.15, 0.2) is 0 Å². The van der Waals surface area contributed by atoms with Crippen molar-refractivity contribution in [1.29, 1.82) is 0 Å². The molecule has 0 heterocycles. The van der Waals surface area contributed by atoms with Gasteiger partial charge in [-0.2, -0.15) is 0 Å². The Bertz CT molecular complexity index is 357. The predicted molar refractivity (Wildman–Crippen MR) is 60.3 cm³/mol. The van der Waals surface area contributed by atoms with Crippen molar-refractivity contribution in [3.8, 4) is 5.75 Å². The Morgan fingerprint density at radius 1 is 1.57 bits per heavy atom. The molecular weight excluding hydrogens is 242 g/mol. The van der Waals surface area contributed by atoms with E-state index < -0.39 is 0 Å². The van der Waals surface area contributed by atoms with Gasteiger partial charge in [-0.25, -0.2) is 6.57 Å².